The van der Waals surface area contributed by atoms with Crippen molar-refractivity contribution in [3.8, 4) is 0 Å². The molecule has 1 aromatic heterocycles. The minimum atomic E-state index is -4.04. The van der Waals surface area contributed by atoms with Gasteiger partial charge in [-0.3, -0.25) is 4.68 Å². The second-order valence-electron chi connectivity index (χ2n) is 4.33. The molecule has 0 aliphatic heterocycles. The third kappa shape index (κ3) is 3.40. The summed E-state index contributed by atoms with van der Waals surface area (Å²) in [7, 11) is -4.04. The van der Waals surface area contributed by atoms with Crippen LogP contribution in [-0.2, 0) is 16.6 Å². The van der Waals surface area contributed by atoms with Gasteiger partial charge in [0.25, 0.3) is 0 Å². The van der Waals surface area contributed by atoms with Crippen LogP contribution in [0.4, 0.5) is 8.78 Å². The first-order valence-electron chi connectivity index (χ1n) is 5.83. The van der Waals surface area contributed by atoms with Gasteiger partial charge in [0.1, 0.15) is 16.5 Å². The van der Waals surface area contributed by atoms with Crippen molar-refractivity contribution in [3.63, 3.8) is 0 Å². The fourth-order valence-corrected chi connectivity index (χ4v) is 3.04. The quantitative estimate of drug-likeness (QED) is 0.911. The van der Waals surface area contributed by atoms with Crippen LogP contribution in [0.3, 0.4) is 0 Å². The minimum Gasteiger partial charge on any atom is -0.271 e. The lowest BCUT2D eigenvalue weighted by atomic mass is 10.3. The zero-order valence-corrected chi connectivity index (χ0v) is 11.4. The van der Waals surface area contributed by atoms with E-state index in [4.69, 9.17) is 0 Å². The molecule has 2 rings (SSSR count). The molecular weight excluding hydrogens is 288 g/mol. The predicted octanol–water partition coefficient (Wildman–Crippen LogP) is 1.53. The fourth-order valence-electron chi connectivity index (χ4n) is 1.75. The van der Waals surface area contributed by atoms with Gasteiger partial charge in [-0.2, -0.15) is 5.10 Å². The Morgan fingerprint density at radius 1 is 1.40 bits per heavy atom. The number of benzene rings is 1. The number of halogens is 2. The molecule has 1 N–H and O–H groups in total. The summed E-state index contributed by atoms with van der Waals surface area (Å²) in [5.74, 6) is -1.95. The van der Waals surface area contributed by atoms with E-state index in [1.54, 1.807) is 30.1 Å². The molecule has 5 nitrogen and oxygen atoms in total. The predicted molar refractivity (Wildman–Crippen MR) is 68.4 cm³/mol. The van der Waals surface area contributed by atoms with Crippen LogP contribution in [-0.4, -0.2) is 24.2 Å². The number of rotatable bonds is 5. The Morgan fingerprint density at radius 2 is 2.15 bits per heavy atom. The Kier molecular flexibility index (Phi) is 4.15. The number of nitrogens with zero attached hydrogens (tertiary/aromatic N) is 2. The monoisotopic (exact) mass is 301 g/mol. The summed E-state index contributed by atoms with van der Waals surface area (Å²) in [5, 5.41) is 3.95. The molecule has 8 heteroatoms. The molecule has 20 heavy (non-hydrogen) atoms. The van der Waals surface area contributed by atoms with E-state index >= 15 is 0 Å². The normalized spacial score (nSPS) is 13.3. The van der Waals surface area contributed by atoms with Crippen LogP contribution in [0.1, 0.15) is 6.92 Å². The summed E-state index contributed by atoms with van der Waals surface area (Å²) in [6.07, 6.45) is 3.25. The molecule has 0 spiro atoms. The van der Waals surface area contributed by atoms with Crippen molar-refractivity contribution in [2.45, 2.75) is 24.4 Å². The molecule has 1 heterocycles. The maximum Gasteiger partial charge on any atom is 0.243 e. The highest BCUT2D eigenvalue weighted by molar-refractivity contribution is 7.89. The third-order valence-corrected chi connectivity index (χ3v) is 4.18. The highest BCUT2D eigenvalue weighted by Crippen LogP contribution is 2.15. The van der Waals surface area contributed by atoms with Crippen LogP contribution in [0.15, 0.2) is 41.6 Å². The van der Waals surface area contributed by atoms with Crippen LogP contribution in [0.2, 0.25) is 0 Å². The zero-order chi connectivity index (χ0) is 14.8. The van der Waals surface area contributed by atoms with E-state index in [2.05, 4.69) is 9.82 Å². The summed E-state index contributed by atoms with van der Waals surface area (Å²) < 4.78 is 54.2. The molecule has 0 aliphatic rings. The number of aromatic nitrogens is 2. The number of hydrogen-bond donors (Lipinski definition) is 1. The number of sulfonamides is 1. The van der Waals surface area contributed by atoms with Crippen molar-refractivity contribution in [3.05, 3.63) is 48.3 Å². The van der Waals surface area contributed by atoms with Gasteiger partial charge in [-0.25, -0.2) is 21.9 Å². The second kappa shape index (κ2) is 5.68. The summed E-state index contributed by atoms with van der Waals surface area (Å²) in [6.45, 7) is 1.93. The molecule has 0 unspecified atom stereocenters. The first-order valence-corrected chi connectivity index (χ1v) is 7.31. The van der Waals surface area contributed by atoms with Gasteiger partial charge in [-0.15, -0.1) is 0 Å². The van der Waals surface area contributed by atoms with Crippen molar-refractivity contribution >= 4 is 10.0 Å². The molecule has 0 bridgehead atoms. The maximum atomic E-state index is 13.5. The lowest BCUT2D eigenvalue weighted by Gasteiger charge is -2.14. The third-order valence-electron chi connectivity index (χ3n) is 2.56. The van der Waals surface area contributed by atoms with E-state index in [9.17, 15) is 17.2 Å². The standard InChI is InChI=1S/C12H13F2N3O2S/c1-9(8-17-6-2-5-15-17)16-20(18,19)12-4-3-10(13)7-11(12)14/h2-7,9,16H,8H2,1H3/t9-/m1/s1. The van der Waals surface area contributed by atoms with Crippen LogP contribution in [0.5, 0.6) is 0 Å². The van der Waals surface area contributed by atoms with Gasteiger partial charge in [0.05, 0.1) is 6.54 Å². The van der Waals surface area contributed by atoms with Crippen molar-refractivity contribution in [2.75, 3.05) is 0 Å². The van der Waals surface area contributed by atoms with Gasteiger partial charge in [-0.1, -0.05) is 0 Å². The highest BCUT2D eigenvalue weighted by atomic mass is 32.2. The Bertz CT molecular complexity index is 687. The van der Waals surface area contributed by atoms with E-state index in [1.807, 2.05) is 0 Å². The van der Waals surface area contributed by atoms with Gasteiger partial charge in [0, 0.05) is 24.5 Å². The summed E-state index contributed by atoms with van der Waals surface area (Å²) in [6, 6.07) is 3.54. The van der Waals surface area contributed by atoms with Crippen LogP contribution in [0, 0.1) is 11.6 Å². The average Bonchev–Trinajstić information content (AvgIpc) is 2.79. The molecule has 0 fully saturated rings. The van der Waals surface area contributed by atoms with E-state index in [-0.39, 0.29) is 0 Å². The van der Waals surface area contributed by atoms with Crippen molar-refractivity contribution in [1.82, 2.24) is 14.5 Å². The minimum absolute atomic E-state index is 0.301. The van der Waals surface area contributed by atoms with Crippen molar-refractivity contribution < 1.29 is 17.2 Å². The Labute approximate surface area is 115 Å². The second-order valence-corrected chi connectivity index (χ2v) is 6.01. The Morgan fingerprint density at radius 3 is 2.75 bits per heavy atom. The van der Waals surface area contributed by atoms with Gasteiger partial charge < -0.3 is 0 Å². The van der Waals surface area contributed by atoms with Gasteiger partial charge in [-0.05, 0) is 25.1 Å². The largest absolute Gasteiger partial charge is 0.271 e. The molecule has 0 saturated heterocycles. The fraction of sp³-hybridized carbons (Fsp3) is 0.250. The Balaban J connectivity index is 2.14. The highest BCUT2D eigenvalue weighted by Gasteiger charge is 2.21. The van der Waals surface area contributed by atoms with E-state index in [0.717, 1.165) is 12.1 Å². The lowest BCUT2D eigenvalue weighted by Crippen LogP contribution is -2.36. The van der Waals surface area contributed by atoms with Crippen molar-refractivity contribution in [1.29, 1.82) is 0 Å². The summed E-state index contributed by atoms with van der Waals surface area (Å²) in [5.41, 5.74) is 0. The van der Waals surface area contributed by atoms with Crippen LogP contribution in [0.25, 0.3) is 0 Å². The smallest absolute Gasteiger partial charge is 0.243 e. The van der Waals surface area contributed by atoms with Crippen LogP contribution >= 0.6 is 0 Å². The molecular formula is C12H13F2N3O2S. The first kappa shape index (κ1) is 14.6. The molecule has 1 atom stereocenters. The maximum absolute atomic E-state index is 13.5. The SMILES string of the molecule is C[C@H](Cn1cccn1)NS(=O)(=O)c1ccc(F)cc1F. The molecule has 0 saturated carbocycles. The number of nitrogens with one attached hydrogen (secondary N) is 1. The molecule has 108 valence electrons. The summed E-state index contributed by atoms with van der Waals surface area (Å²) in [4.78, 5) is -0.578. The zero-order valence-electron chi connectivity index (χ0n) is 10.6. The molecule has 0 amide bonds. The van der Waals surface area contributed by atoms with E-state index in [0.29, 0.717) is 12.6 Å². The molecule has 0 aliphatic carbocycles. The first-order chi connectivity index (χ1) is 9.38. The molecule has 0 radical (unpaired) electrons. The molecule has 1 aromatic carbocycles. The van der Waals surface area contributed by atoms with Gasteiger partial charge in [0.2, 0.25) is 10.0 Å². The average molecular weight is 301 g/mol. The van der Waals surface area contributed by atoms with E-state index < -0.39 is 32.6 Å². The lowest BCUT2D eigenvalue weighted by molar-refractivity contribution is 0.489. The summed E-state index contributed by atoms with van der Waals surface area (Å²) >= 11 is 0. The topological polar surface area (TPSA) is 64.0 Å². The van der Waals surface area contributed by atoms with E-state index in [1.165, 1.54) is 0 Å². The number of hydrogen-bond acceptors (Lipinski definition) is 3. The van der Waals surface area contributed by atoms with Gasteiger partial charge in [0.15, 0.2) is 0 Å². The van der Waals surface area contributed by atoms with Crippen molar-refractivity contribution in [2.24, 2.45) is 0 Å². The molecule has 2 aromatic rings. The van der Waals surface area contributed by atoms with Crippen LogP contribution < -0.4 is 4.72 Å². The van der Waals surface area contributed by atoms with Gasteiger partial charge >= 0.3 is 0 Å². The Hall–Kier alpha value is -1.80.